The number of ether oxygens (including phenoxy) is 1. The third-order valence-electron chi connectivity index (χ3n) is 6.44. The quantitative estimate of drug-likeness (QED) is 0.547. The maximum Gasteiger partial charge on any atom is 0.344 e. The van der Waals surface area contributed by atoms with Crippen LogP contribution < -0.4 is 4.74 Å². The van der Waals surface area contributed by atoms with Crippen LogP contribution in [0.5, 0.6) is 5.75 Å². The third-order valence-corrected chi connectivity index (χ3v) is 7.29. The lowest BCUT2D eigenvalue weighted by Gasteiger charge is -2.32. The number of allylic oxidation sites excluding steroid dienone is 2. The fraction of sp³-hybridized carbons (Fsp3) is 0.545. The summed E-state index contributed by atoms with van der Waals surface area (Å²) in [6.45, 7) is 2.86. The van der Waals surface area contributed by atoms with Crippen LogP contribution in [0.1, 0.15) is 50.7 Å². The van der Waals surface area contributed by atoms with Crippen LogP contribution >= 0.6 is 23.2 Å². The minimum atomic E-state index is -1.33. The number of fused-ring (bicyclic) bond motifs is 3. The molecular formula is C22H26Cl2O6. The summed E-state index contributed by atoms with van der Waals surface area (Å²) in [5.74, 6) is -1.03. The van der Waals surface area contributed by atoms with Crippen molar-refractivity contribution in [3.8, 4) is 5.75 Å². The average Bonchev–Trinajstić information content (AvgIpc) is 3.04. The molecule has 0 saturated heterocycles. The molecule has 0 radical (unpaired) electrons. The van der Waals surface area contributed by atoms with Crippen LogP contribution in [0.15, 0.2) is 12.1 Å². The van der Waals surface area contributed by atoms with Gasteiger partial charge in [-0.25, -0.2) is 4.79 Å². The second kappa shape index (κ2) is 8.50. The summed E-state index contributed by atoms with van der Waals surface area (Å²) >= 11 is 13.0. The number of rotatable bonds is 8. The van der Waals surface area contributed by atoms with Gasteiger partial charge in [0.05, 0.1) is 18.2 Å². The van der Waals surface area contributed by atoms with Crippen molar-refractivity contribution >= 4 is 40.5 Å². The molecule has 6 nitrogen and oxygen atoms in total. The van der Waals surface area contributed by atoms with Crippen molar-refractivity contribution in [1.29, 1.82) is 0 Å². The standard InChI is InChI=1S/C22H26Cl2O6/c1-3-22-5-4-13(27)7-14(22)17-12(8-22)6-15(18(23)19(17)24)30-16(20(28)29)9-21(2,10-25)11-26/h6-7,16,25-26H,3-5,8-11H2,1-2H3,(H,28,29). The van der Waals surface area contributed by atoms with E-state index in [4.69, 9.17) is 27.9 Å². The van der Waals surface area contributed by atoms with Crippen LogP contribution in [0.4, 0.5) is 0 Å². The predicted molar refractivity (Wildman–Crippen MR) is 114 cm³/mol. The van der Waals surface area contributed by atoms with E-state index in [9.17, 15) is 24.9 Å². The minimum absolute atomic E-state index is 0.0627. The maximum absolute atomic E-state index is 12.1. The highest BCUT2D eigenvalue weighted by molar-refractivity contribution is 6.44. The lowest BCUT2D eigenvalue weighted by molar-refractivity contribution is -0.147. The molecule has 8 heteroatoms. The number of hydrogen-bond acceptors (Lipinski definition) is 5. The van der Waals surface area contributed by atoms with E-state index in [2.05, 4.69) is 6.92 Å². The predicted octanol–water partition coefficient (Wildman–Crippen LogP) is 3.91. The van der Waals surface area contributed by atoms with Gasteiger partial charge >= 0.3 is 5.97 Å². The molecule has 0 fully saturated rings. The van der Waals surface area contributed by atoms with Gasteiger partial charge in [0.1, 0.15) is 10.8 Å². The van der Waals surface area contributed by atoms with E-state index in [1.54, 1.807) is 19.1 Å². The van der Waals surface area contributed by atoms with Gasteiger partial charge in [-0.3, -0.25) is 4.79 Å². The van der Waals surface area contributed by atoms with Crippen LogP contribution in [-0.2, 0) is 16.0 Å². The Morgan fingerprint density at radius 3 is 2.53 bits per heavy atom. The van der Waals surface area contributed by atoms with Gasteiger partial charge in [0.2, 0.25) is 0 Å². The van der Waals surface area contributed by atoms with Crippen molar-refractivity contribution in [3.05, 3.63) is 33.3 Å². The Morgan fingerprint density at radius 2 is 1.97 bits per heavy atom. The van der Waals surface area contributed by atoms with Gasteiger partial charge in [-0.2, -0.15) is 0 Å². The molecule has 1 aromatic carbocycles. The number of aliphatic hydroxyl groups excluding tert-OH is 2. The number of carbonyl (C=O) groups is 2. The molecule has 2 unspecified atom stereocenters. The molecule has 0 aliphatic heterocycles. The van der Waals surface area contributed by atoms with Gasteiger partial charge in [-0.15, -0.1) is 0 Å². The number of halogens is 2. The Morgan fingerprint density at radius 1 is 1.30 bits per heavy atom. The Kier molecular flexibility index (Phi) is 6.54. The molecule has 2 aliphatic rings. The normalized spacial score (nSPS) is 21.7. The first-order valence-electron chi connectivity index (χ1n) is 9.97. The van der Waals surface area contributed by atoms with Crippen molar-refractivity contribution in [3.63, 3.8) is 0 Å². The zero-order valence-corrected chi connectivity index (χ0v) is 18.5. The SMILES string of the molecule is CCC12CCC(=O)C=C1c1c(cc(OC(CC(C)(CO)CO)C(=O)O)c(Cl)c1Cl)C2. The monoisotopic (exact) mass is 456 g/mol. The van der Waals surface area contributed by atoms with Crippen LogP contribution in [0.3, 0.4) is 0 Å². The van der Waals surface area contributed by atoms with E-state index in [1.165, 1.54) is 0 Å². The largest absolute Gasteiger partial charge is 0.479 e. The number of carbonyl (C=O) groups excluding carboxylic acids is 1. The Balaban J connectivity index is 2.01. The molecule has 3 N–H and O–H groups in total. The number of ketones is 1. The van der Waals surface area contributed by atoms with Crippen molar-refractivity contribution < 1.29 is 29.6 Å². The highest BCUT2D eigenvalue weighted by atomic mass is 35.5. The number of aliphatic hydroxyl groups is 2. The average molecular weight is 457 g/mol. The fourth-order valence-corrected chi connectivity index (χ4v) is 4.90. The number of benzene rings is 1. The van der Waals surface area contributed by atoms with E-state index in [0.29, 0.717) is 12.8 Å². The third kappa shape index (κ3) is 3.98. The highest BCUT2D eigenvalue weighted by Gasteiger charge is 2.45. The van der Waals surface area contributed by atoms with Crippen LogP contribution in [-0.4, -0.2) is 46.4 Å². The Bertz CT molecular complexity index is 905. The van der Waals surface area contributed by atoms with E-state index in [0.717, 1.165) is 29.5 Å². The summed E-state index contributed by atoms with van der Waals surface area (Å²) in [7, 11) is 0. The van der Waals surface area contributed by atoms with Crippen LogP contribution in [0, 0.1) is 10.8 Å². The van der Waals surface area contributed by atoms with E-state index >= 15 is 0 Å². The second-order valence-corrected chi connectivity index (χ2v) is 9.40. The molecule has 30 heavy (non-hydrogen) atoms. The Hall–Kier alpha value is -1.60. The van der Waals surface area contributed by atoms with E-state index < -0.39 is 30.7 Å². The highest BCUT2D eigenvalue weighted by Crippen LogP contribution is 2.57. The molecule has 0 amide bonds. The molecule has 3 rings (SSSR count). The first kappa shape index (κ1) is 23.1. The molecule has 164 valence electrons. The maximum atomic E-state index is 12.1. The van der Waals surface area contributed by atoms with Gasteiger partial charge < -0.3 is 20.1 Å². The van der Waals surface area contributed by atoms with Gasteiger partial charge in [0, 0.05) is 29.2 Å². The molecule has 1 aromatic rings. The molecule has 2 atom stereocenters. The van der Waals surface area contributed by atoms with Gasteiger partial charge in [0.15, 0.2) is 11.9 Å². The first-order valence-corrected chi connectivity index (χ1v) is 10.7. The minimum Gasteiger partial charge on any atom is -0.479 e. The zero-order chi connectivity index (χ0) is 22.3. The molecule has 0 saturated carbocycles. The van der Waals surface area contributed by atoms with Crippen molar-refractivity contribution in [2.75, 3.05) is 13.2 Å². The van der Waals surface area contributed by atoms with Crippen molar-refractivity contribution in [2.45, 2.75) is 52.1 Å². The van der Waals surface area contributed by atoms with Gasteiger partial charge in [-0.05, 0) is 42.5 Å². The second-order valence-electron chi connectivity index (χ2n) is 8.65. The number of aliphatic carboxylic acids is 1. The molecule has 0 bridgehead atoms. The lowest BCUT2D eigenvalue weighted by atomic mass is 9.71. The smallest absolute Gasteiger partial charge is 0.344 e. The van der Waals surface area contributed by atoms with Crippen molar-refractivity contribution in [1.82, 2.24) is 0 Å². The number of hydrogen-bond donors (Lipinski definition) is 3. The first-order chi connectivity index (χ1) is 14.1. The lowest BCUT2D eigenvalue weighted by Crippen LogP contribution is -2.37. The molecular weight excluding hydrogens is 431 g/mol. The zero-order valence-electron chi connectivity index (χ0n) is 17.0. The summed E-state index contributed by atoms with van der Waals surface area (Å²) in [6, 6.07) is 1.70. The summed E-state index contributed by atoms with van der Waals surface area (Å²) in [4.78, 5) is 23.8. The van der Waals surface area contributed by atoms with Gasteiger partial charge in [-0.1, -0.05) is 37.0 Å². The summed E-state index contributed by atoms with van der Waals surface area (Å²) in [5.41, 5.74) is 1.31. The van der Waals surface area contributed by atoms with E-state index in [-0.39, 0.29) is 33.4 Å². The molecule has 2 aliphatic carbocycles. The van der Waals surface area contributed by atoms with Gasteiger partial charge in [0.25, 0.3) is 0 Å². The van der Waals surface area contributed by atoms with Crippen LogP contribution in [0.2, 0.25) is 10.0 Å². The number of carboxylic acids is 1. The fourth-order valence-electron chi connectivity index (χ4n) is 4.39. The van der Waals surface area contributed by atoms with Crippen molar-refractivity contribution in [2.24, 2.45) is 10.8 Å². The van der Waals surface area contributed by atoms with Crippen LogP contribution in [0.25, 0.3) is 5.57 Å². The summed E-state index contributed by atoms with van der Waals surface area (Å²) in [5, 5.41) is 29.0. The Labute approximate surface area is 185 Å². The molecule has 0 spiro atoms. The molecule has 0 aromatic heterocycles. The van der Waals surface area contributed by atoms with E-state index in [1.807, 2.05) is 0 Å². The topological polar surface area (TPSA) is 104 Å². The molecule has 0 heterocycles. The number of carboxylic acid groups (broad SMARTS) is 1. The summed E-state index contributed by atoms with van der Waals surface area (Å²) < 4.78 is 5.73. The summed E-state index contributed by atoms with van der Waals surface area (Å²) in [6.07, 6.45) is 2.96.